The second kappa shape index (κ2) is 9.26. The largest absolute Gasteiger partial charge is 0.466 e. The van der Waals surface area contributed by atoms with Crippen molar-refractivity contribution in [2.75, 3.05) is 6.61 Å². The fourth-order valence-corrected chi connectivity index (χ4v) is 2.16. The van der Waals surface area contributed by atoms with E-state index in [1.165, 1.54) is 12.1 Å². The summed E-state index contributed by atoms with van der Waals surface area (Å²) in [4.78, 5) is 22.7. The molecule has 0 atom stereocenters. The minimum Gasteiger partial charge on any atom is -0.466 e. The summed E-state index contributed by atoms with van der Waals surface area (Å²) in [5.74, 6) is -0.964. The van der Waals surface area contributed by atoms with Crippen LogP contribution in [0, 0.1) is 0 Å². The molecule has 0 aliphatic heterocycles. The van der Waals surface area contributed by atoms with E-state index in [2.05, 4.69) is 0 Å². The maximum Gasteiger partial charge on any atom is 0.311 e. The molecule has 0 heterocycles. The van der Waals surface area contributed by atoms with Gasteiger partial charge < -0.3 is 9.47 Å². The van der Waals surface area contributed by atoms with E-state index < -0.39 is 22.1 Å². The fraction of sp³-hybridized carbons (Fsp3) is 0.467. The van der Waals surface area contributed by atoms with Gasteiger partial charge in [0.25, 0.3) is 10.1 Å². The number of ether oxygens (including phenoxy) is 2. The molecule has 0 aliphatic carbocycles. The van der Waals surface area contributed by atoms with Crippen LogP contribution in [0.2, 0.25) is 0 Å². The molecule has 0 saturated carbocycles. The van der Waals surface area contributed by atoms with Crippen LogP contribution in [0.3, 0.4) is 0 Å². The molecule has 0 fully saturated rings. The number of rotatable bonds is 9. The highest BCUT2D eigenvalue weighted by Gasteiger charge is 2.12. The molecule has 0 unspecified atom stereocenters. The summed E-state index contributed by atoms with van der Waals surface area (Å²) in [6.07, 6.45) is 2.60. The van der Waals surface area contributed by atoms with Crippen LogP contribution in [0.4, 0.5) is 0 Å². The Labute approximate surface area is 135 Å². The number of esters is 2. The third-order valence-corrected chi connectivity index (χ3v) is 3.77. The summed E-state index contributed by atoms with van der Waals surface area (Å²) in [5, 5.41) is 0. The van der Waals surface area contributed by atoms with Crippen LogP contribution in [-0.2, 0) is 24.4 Å². The number of carbonyl (C=O) groups excluding carboxylic acids is 2. The standard InChI is InChI=1S/C15H20O7S/c1-2-3-4-11-21-14(16)9-10-15(17)22-12-5-7-13(8-6-12)23(18,19)20/h5-8H,2-4,9-11H2,1H3,(H,18,19,20). The first-order valence-electron chi connectivity index (χ1n) is 7.26. The maximum atomic E-state index is 11.6. The molecule has 0 aromatic heterocycles. The first-order valence-corrected chi connectivity index (χ1v) is 8.70. The Morgan fingerprint density at radius 3 is 2.22 bits per heavy atom. The van der Waals surface area contributed by atoms with E-state index in [0.717, 1.165) is 31.4 Å². The molecule has 23 heavy (non-hydrogen) atoms. The van der Waals surface area contributed by atoms with Crippen molar-refractivity contribution >= 4 is 22.1 Å². The molecule has 1 rings (SSSR count). The van der Waals surface area contributed by atoms with Gasteiger partial charge in [0.1, 0.15) is 5.75 Å². The first-order chi connectivity index (χ1) is 10.8. The predicted octanol–water partition coefficient (Wildman–Crippen LogP) is 2.35. The molecular weight excluding hydrogens is 324 g/mol. The first kappa shape index (κ1) is 19.1. The second-order valence-corrected chi connectivity index (χ2v) is 6.27. The minimum atomic E-state index is -4.28. The van der Waals surface area contributed by atoms with Gasteiger partial charge in [-0.25, -0.2) is 0 Å². The van der Waals surface area contributed by atoms with Crippen LogP contribution < -0.4 is 4.74 Å². The summed E-state index contributed by atoms with van der Waals surface area (Å²) in [7, 11) is -4.28. The van der Waals surface area contributed by atoms with Gasteiger partial charge >= 0.3 is 11.9 Å². The van der Waals surface area contributed by atoms with Crippen molar-refractivity contribution in [3.8, 4) is 5.75 Å². The van der Waals surface area contributed by atoms with Crippen LogP contribution in [0.25, 0.3) is 0 Å². The number of hydrogen-bond donors (Lipinski definition) is 1. The maximum absolute atomic E-state index is 11.6. The molecule has 0 amide bonds. The summed E-state index contributed by atoms with van der Waals surface area (Å²) in [6.45, 7) is 2.39. The Kier molecular flexibility index (Phi) is 7.70. The topological polar surface area (TPSA) is 107 Å². The lowest BCUT2D eigenvalue weighted by Crippen LogP contribution is -2.13. The predicted molar refractivity (Wildman–Crippen MR) is 81.6 cm³/mol. The van der Waals surface area contributed by atoms with Gasteiger partial charge in [0.05, 0.1) is 24.3 Å². The fourth-order valence-electron chi connectivity index (χ4n) is 1.68. The van der Waals surface area contributed by atoms with Gasteiger partial charge in [-0.2, -0.15) is 8.42 Å². The second-order valence-electron chi connectivity index (χ2n) is 4.85. The molecule has 7 nitrogen and oxygen atoms in total. The summed E-state index contributed by atoms with van der Waals surface area (Å²) >= 11 is 0. The molecule has 0 spiro atoms. The molecule has 8 heteroatoms. The normalized spacial score (nSPS) is 11.0. The van der Waals surface area contributed by atoms with Gasteiger partial charge in [0.15, 0.2) is 0 Å². The van der Waals surface area contributed by atoms with Crippen LogP contribution in [-0.4, -0.2) is 31.5 Å². The van der Waals surface area contributed by atoms with Crippen molar-refractivity contribution in [3.63, 3.8) is 0 Å². The highest BCUT2D eigenvalue weighted by molar-refractivity contribution is 7.85. The van der Waals surface area contributed by atoms with Crippen LogP contribution >= 0.6 is 0 Å². The molecule has 0 radical (unpaired) electrons. The Morgan fingerprint density at radius 2 is 1.65 bits per heavy atom. The average molecular weight is 344 g/mol. The zero-order valence-electron chi connectivity index (χ0n) is 12.9. The van der Waals surface area contributed by atoms with E-state index in [0.29, 0.717) is 6.61 Å². The number of carbonyl (C=O) groups is 2. The van der Waals surface area contributed by atoms with E-state index in [1.807, 2.05) is 6.92 Å². The van der Waals surface area contributed by atoms with Crippen LogP contribution in [0.15, 0.2) is 29.2 Å². The van der Waals surface area contributed by atoms with Gasteiger partial charge in [-0.05, 0) is 30.7 Å². The van der Waals surface area contributed by atoms with Gasteiger partial charge in [-0.15, -0.1) is 0 Å². The summed E-state index contributed by atoms with van der Waals surface area (Å²) in [5.41, 5.74) is 0. The monoisotopic (exact) mass is 344 g/mol. The minimum absolute atomic E-state index is 0.0753. The number of unbranched alkanes of at least 4 members (excludes halogenated alkanes) is 2. The Hall–Kier alpha value is -1.93. The van der Waals surface area contributed by atoms with E-state index >= 15 is 0 Å². The molecule has 128 valence electrons. The van der Waals surface area contributed by atoms with E-state index in [-0.39, 0.29) is 23.5 Å². The van der Waals surface area contributed by atoms with Crippen molar-refractivity contribution < 1.29 is 32.0 Å². The lowest BCUT2D eigenvalue weighted by atomic mass is 10.3. The lowest BCUT2D eigenvalue weighted by Gasteiger charge is -2.06. The van der Waals surface area contributed by atoms with Crippen molar-refractivity contribution in [2.24, 2.45) is 0 Å². The van der Waals surface area contributed by atoms with Crippen molar-refractivity contribution in [1.82, 2.24) is 0 Å². The SMILES string of the molecule is CCCCCOC(=O)CCC(=O)Oc1ccc(S(=O)(=O)O)cc1. The molecule has 1 aromatic carbocycles. The third-order valence-electron chi connectivity index (χ3n) is 2.90. The van der Waals surface area contributed by atoms with Crippen molar-refractivity contribution in [3.05, 3.63) is 24.3 Å². The Balaban J connectivity index is 2.35. The highest BCUT2D eigenvalue weighted by atomic mass is 32.2. The Morgan fingerprint density at radius 1 is 1.04 bits per heavy atom. The molecule has 0 aliphatic rings. The van der Waals surface area contributed by atoms with Crippen molar-refractivity contribution in [1.29, 1.82) is 0 Å². The van der Waals surface area contributed by atoms with Gasteiger partial charge in [0.2, 0.25) is 0 Å². The quantitative estimate of drug-likeness (QED) is 0.317. The van der Waals surface area contributed by atoms with E-state index in [9.17, 15) is 18.0 Å². The lowest BCUT2D eigenvalue weighted by molar-refractivity contribution is -0.147. The smallest absolute Gasteiger partial charge is 0.311 e. The molecule has 1 N–H and O–H groups in total. The molecule has 1 aromatic rings. The number of benzene rings is 1. The molecule has 0 saturated heterocycles. The zero-order chi connectivity index (χ0) is 17.3. The number of hydrogen-bond acceptors (Lipinski definition) is 6. The molecule has 0 bridgehead atoms. The van der Waals surface area contributed by atoms with Gasteiger partial charge in [0, 0.05) is 0 Å². The highest BCUT2D eigenvalue weighted by Crippen LogP contribution is 2.16. The third kappa shape index (κ3) is 7.75. The molecular formula is C15H20O7S. The summed E-state index contributed by atoms with van der Waals surface area (Å²) < 4.78 is 40.5. The van der Waals surface area contributed by atoms with E-state index in [1.54, 1.807) is 0 Å². The average Bonchev–Trinajstić information content (AvgIpc) is 2.49. The van der Waals surface area contributed by atoms with Crippen molar-refractivity contribution in [2.45, 2.75) is 43.9 Å². The summed E-state index contributed by atoms with van der Waals surface area (Å²) in [6, 6.07) is 4.70. The van der Waals surface area contributed by atoms with Gasteiger partial charge in [-0.3, -0.25) is 14.1 Å². The van der Waals surface area contributed by atoms with Crippen LogP contribution in [0.1, 0.15) is 39.0 Å². The van der Waals surface area contributed by atoms with Gasteiger partial charge in [-0.1, -0.05) is 19.8 Å². The van der Waals surface area contributed by atoms with E-state index in [4.69, 9.17) is 14.0 Å². The Bertz CT molecular complexity index is 620. The zero-order valence-corrected chi connectivity index (χ0v) is 13.7. The van der Waals surface area contributed by atoms with Crippen LogP contribution in [0.5, 0.6) is 5.75 Å².